The molecule has 128 valence electrons. The summed E-state index contributed by atoms with van der Waals surface area (Å²) in [5.41, 5.74) is 0.323. The first-order valence-corrected chi connectivity index (χ1v) is 7.38. The normalized spacial score (nSPS) is 14.0. The second-order valence-corrected chi connectivity index (χ2v) is 5.41. The van der Waals surface area contributed by atoms with E-state index >= 15 is 0 Å². The van der Waals surface area contributed by atoms with Gasteiger partial charge in [0.25, 0.3) is 0 Å². The Hall–Kier alpha value is -2.51. The first-order chi connectivity index (χ1) is 11.4. The highest BCUT2D eigenvalue weighted by molar-refractivity contribution is 5.72. The minimum absolute atomic E-state index is 0.0902. The molecule has 5 nitrogen and oxygen atoms in total. The van der Waals surface area contributed by atoms with Crippen molar-refractivity contribution in [1.29, 1.82) is 0 Å². The summed E-state index contributed by atoms with van der Waals surface area (Å²) in [4.78, 5) is 11.3. The van der Waals surface area contributed by atoms with Crippen LogP contribution in [0.25, 0.3) is 5.69 Å². The average molecular weight is 340 g/mol. The third-order valence-electron chi connectivity index (χ3n) is 3.77. The molecule has 0 amide bonds. The van der Waals surface area contributed by atoms with E-state index in [1.54, 1.807) is 24.3 Å². The highest BCUT2D eigenvalue weighted by atomic mass is 19.4. The summed E-state index contributed by atoms with van der Waals surface area (Å²) in [5, 5.41) is 3.72. The van der Waals surface area contributed by atoms with Crippen molar-refractivity contribution in [3.63, 3.8) is 0 Å². The van der Waals surface area contributed by atoms with Crippen LogP contribution in [0.5, 0.6) is 5.88 Å². The number of halogens is 3. The number of alkyl halides is 3. The van der Waals surface area contributed by atoms with Gasteiger partial charge in [0.05, 0.1) is 25.8 Å². The van der Waals surface area contributed by atoms with Gasteiger partial charge < -0.3 is 9.47 Å². The Balaban J connectivity index is 1.97. The molecule has 0 atom stereocenters. The van der Waals surface area contributed by atoms with E-state index in [1.807, 2.05) is 0 Å². The Kier molecular flexibility index (Phi) is 4.21. The van der Waals surface area contributed by atoms with Crippen molar-refractivity contribution >= 4 is 5.97 Å². The molecule has 1 aromatic heterocycles. The van der Waals surface area contributed by atoms with Crippen LogP contribution in [0.1, 0.15) is 23.2 Å². The van der Waals surface area contributed by atoms with Crippen LogP contribution in [0.3, 0.4) is 0 Å². The molecule has 0 N–H and O–H groups in total. The number of aromatic nitrogens is 2. The Bertz CT molecular complexity index is 751. The Labute approximate surface area is 136 Å². The van der Waals surface area contributed by atoms with E-state index in [2.05, 4.69) is 9.84 Å². The minimum atomic E-state index is -4.53. The molecule has 0 unspecified atom stereocenters. The van der Waals surface area contributed by atoms with E-state index in [-0.39, 0.29) is 30.3 Å². The van der Waals surface area contributed by atoms with Gasteiger partial charge in [-0.25, -0.2) is 4.68 Å². The van der Waals surface area contributed by atoms with Crippen molar-refractivity contribution < 1.29 is 27.4 Å². The van der Waals surface area contributed by atoms with Gasteiger partial charge in [-0.1, -0.05) is 12.1 Å². The molecular weight excluding hydrogens is 325 g/mol. The highest BCUT2D eigenvalue weighted by Gasteiger charge is 2.40. The molecule has 0 spiro atoms. The molecule has 1 aliphatic heterocycles. The SMILES string of the molecule is COC(=O)Cc1ccc(-n2nc(C(F)(F)F)c3c2OCCC3)cc1. The summed E-state index contributed by atoms with van der Waals surface area (Å²) in [7, 11) is 1.29. The van der Waals surface area contributed by atoms with Crippen LogP contribution < -0.4 is 4.74 Å². The lowest BCUT2D eigenvalue weighted by atomic mass is 10.1. The van der Waals surface area contributed by atoms with E-state index in [0.717, 1.165) is 0 Å². The minimum Gasteiger partial charge on any atom is -0.477 e. The van der Waals surface area contributed by atoms with Crippen molar-refractivity contribution in [3.8, 4) is 11.6 Å². The van der Waals surface area contributed by atoms with Crippen molar-refractivity contribution in [2.75, 3.05) is 13.7 Å². The first-order valence-electron chi connectivity index (χ1n) is 7.38. The molecule has 0 fully saturated rings. The lowest BCUT2D eigenvalue weighted by Gasteiger charge is -2.16. The zero-order valence-electron chi connectivity index (χ0n) is 12.9. The quantitative estimate of drug-likeness (QED) is 0.806. The van der Waals surface area contributed by atoms with Gasteiger partial charge in [-0.2, -0.15) is 18.3 Å². The lowest BCUT2D eigenvalue weighted by Crippen LogP contribution is -2.13. The summed E-state index contributed by atoms with van der Waals surface area (Å²) >= 11 is 0. The summed E-state index contributed by atoms with van der Waals surface area (Å²) in [5.74, 6) is -0.254. The number of fused-ring (bicyclic) bond motifs is 1. The fourth-order valence-electron chi connectivity index (χ4n) is 2.62. The maximum absolute atomic E-state index is 13.2. The fourth-order valence-corrected chi connectivity index (χ4v) is 2.62. The average Bonchev–Trinajstić information content (AvgIpc) is 2.95. The second kappa shape index (κ2) is 6.18. The van der Waals surface area contributed by atoms with Gasteiger partial charge in [-0.15, -0.1) is 0 Å². The van der Waals surface area contributed by atoms with Gasteiger partial charge in [-0.05, 0) is 30.5 Å². The molecule has 0 saturated carbocycles. The molecule has 3 rings (SSSR count). The van der Waals surface area contributed by atoms with Crippen LogP contribution >= 0.6 is 0 Å². The van der Waals surface area contributed by atoms with Crippen LogP contribution in [-0.4, -0.2) is 29.5 Å². The Morgan fingerprint density at radius 3 is 2.67 bits per heavy atom. The first kappa shape index (κ1) is 16.4. The van der Waals surface area contributed by atoms with Crippen LogP contribution in [0.4, 0.5) is 13.2 Å². The molecule has 8 heteroatoms. The summed E-state index contributed by atoms with van der Waals surface area (Å²) in [6.45, 7) is 0.358. The van der Waals surface area contributed by atoms with Gasteiger partial charge in [0, 0.05) is 5.56 Å². The number of methoxy groups -OCH3 is 1. The highest BCUT2D eigenvalue weighted by Crippen LogP contribution is 2.39. The number of rotatable bonds is 3. The molecular formula is C16H15F3N2O3. The number of nitrogens with zero attached hydrogens (tertiary/aromatic N) is 2. The fraction of sp³-hybridized carbons (Fsp3) is 0.375. The molecule has 24 heavy (non-hydrogen) atoms. The summed E-state index contributed by atoms with van der Waals surface area (Å²) in [6.07, 6.45) is -3.62. The number of carbonyl (C=O) groups excluding carboxylic acids is 1. The number of benzene rings is 1. The van der Waals surface area contributed by atoms with Crippen LogP contribution in [0.2, 0.25) is 0 Å². The number of hydrogen-bond acceptors (Lipinski definition) is 4. The number of esters is 1. The summed E-state index contributed by atoms with van der Waals surface area (Å²) in [6, 6.07) is 6.50. The molecule has 2 aromatic rings. The number of ether oxygens (including phenoxy) is 2. The maximum Gasteiger partial charge on any atom is 0.435 e. The van der Waals surface area contributed by atoms with Gasteiger partial charge in [0.1, 0.15) is 0 Å². The van der Waals surface area contributed by atoms with Gasteiger partial charge in [0.15, 0.2) is 5.69 Å². The lowest BCUT2D eigenvalue weighted by molar-refractivity contribution is -0.142. The third kappa shape index (κ3) is 3.08. The van der Waals surface area contributed by atoms with Crippen LogP contribution in [0.15, 0.2) is 24.3 Å². The maximum atomic E-state index is 13.2. The van der Waals surface area contributed by atoms with E-state index in [9.17, 15) is 18.0 Å². The van der Waals surface area contributed by atoms with E-state index in [4.69, 9.17) is 4.74 Å². The molecule has 0 saturated heterocycles. The van der Waals surface area contributed by atoms with E-state index in [0.29, 0.717) is 24.3 Å². The zero-order chi connectivity index (χ0) is 17.3. The molecule has 1 aliphatic rings. The largest absolute Gasteiger partial charge is 0.477 e. The predicted molar refractivity (Wildman–Crippen MR) is 78.1 cm³/mol. The van der Waals surface area contributed by atoms with Crippen molar-refractivity contribution in [2.45, 2.75) is 25.4 Å². The van der Waals surface area contributed by atoms with E-state index < -0.39 is 11.9 Å². The number of hydrogen-bond donors (Lipinski definition) is 0. The van der Waals surface area contributed by atoms with Gasteiger partial charge in [-0.3, -0.25) is 4.79 Å². The topological polar surface area (TPSA) is 53.4 Å². The van der Waals surface area contributed by atoms with Gasteiger partial charge >= 0.3 is 12.1 Å². The van der Waals surface area contributed by atoms with Crippen molar-refractivity contribution in [3.05, 3.63) is 41.1 Å². The number of carbonyl (C=O) groups is 1. The molecule has 0 bridgehead atoms. The molecule has 1 aromatic carbocycles. The monoisotopic (exact) mass is 340 g/mol. The molecule has 2 heterocycles. The second-order valence-electron chi connectivity index (χ2n) is 5.41. The van der Waals surface area contributed by atoms with Crippen molar-refractivity contribution in [2.24, 2.45) is 0 Å². The van der Waals surface area contributed by atoms with Crippen LogP contribution in [-0.2, 0) is 28.5 Å². The third-order valence-corrected chi connectivity index (χ3v) is 3.77. The Morgan fingerprint density at radius 1 is 1.33 bits per heavy atom. The summed E-state index contributed by atoms with van der Waals surface area (Å²) < 4.78 is 50.7. The predicted octanol–water partition coefficient (Wildman–Crippen LogP) is 2.93. The van der Waals surface area contributed by atoms with Crippen molar-refractivity contribution in [1.82, 2.24) is 9.78 Å². The molecule has 0 radical (unpaired) electrons. The standard InChI is InChI=1S/C16H15F3N2O3/c1-23-13(22)9-10-4-6-11(7-5-10)21-15-12(3-2-8-24-15)14(20-21)16(17,18)19/h4-7H,2-3,8-9H2,1H3. The van der Waals surface area contributed by atoms with Crippen LogP contribution in [0, 0.1) is 0 Å². The Morgan fingerprint density at radius 2 is 2.04 bits per heavy atom. The van der Waals surface area contributed by atoms with E-state index in [1.165, 1.54) is 11.8 Å². The zero-order valence-corrected chi connectivity index (χ0v) is 12.9. The smallest absolute Gasteiger partial charge is 0.435 e. The van der Waals surface area contributed by atoms with Gasteiger partial charge in [0.2, 0.25) is 5.88 Å². The molecule has 0 aliphatic carbocycles.